The predicted octanol–water partition coefficient (Wildman–Crippen LogP) is 8.09. The molecule has 0 aliphatic carbocycles. The van der Waals surface area contributed by atoms with Crippen LogP contribution in [-0.4, -0.2) is 23.0 Å². The number of carbonyl (C=O) groups is 3. The normalized spacial score (nSPS) is 15.2. The summed E-state index contributed by atoms with van der Waals surface area (Å²) in [6.45, 7) is 0. The second-order valence-corrected chi connectivity index (χ2v) is 10.7. The third-order valence-electron chi connectivity index (χ3n) is 5.82. The molecular formula is C29H20Cl2N4O3S. The van der Waals surface area contributed by atoms with Crippen molar-refractivity contribution in [3.8, 4) is 0 Å². The number of anilines is 2. The van der Waals surface area contributed by atoms with Crippen LogP contribution in [0.4, 0.5) is 22.7 Å². The molecule has 10 heteroatoms. The van der Waals surface area contributed by atoms with Crippen molar-refractivity contribution in [3.63, 3.8) is 0 Å². The topological polar surface area (TPSA) is 91.2 Å². The van der Waals surface area contributed by atoms with Gasteiger partial charge in [0.25, 0.3) is 5.91 Å². The van der Waals surface area contributed by atoms with Crippen molar-refractivity contribution in [2.45, 2.75) is 16.6 Å². The van der Waals surface area contributed by atoms with Crippen molar-refractivity contribution >= 4 is 75.4 Å². The monoisotopic (exact) mass is 574 g/mol. The van der Waals surface area contributed by atoms with Crippen LogP contribution in [0.3, 0.4) is 0 Å². The van der Waals surface area contributed by atoms with Gasteiger partial charge in [-0.15, -0.1) is 11.8 Å². The Morgan fingerprint density at radius 3 is 2.18 bits per heavy atom. The maximum absolute atomic E-state index is 13.1. The number of azo groups is 1. The number of thioether (sulfide) groups is 1. The summed E-state index contributed by atoms with van der Waals surface area (Å²) in [5.74, 6) is -0.907. The van der Waals surface area contributed by atoms with E-state index in [9.17, 15) is 14.4 Å². The third kappa shape index (κ3) is 6.37. The van der Waals surface area contributed by atoms with Crippen molar-refractivity contribution in [1.29, 1.82) is 0 Å². The van der Waals surface area contributed by atoms with E-state index in [1.165, 1.54) is 22.7 Å². The minimum absolute atomic E-state index is 0.0898. The Balaban J connectivity index is 1.20. The van der Waals surface area contributed by atoms with Crippen LogP contribution in [0.15, 0.2) is 112 Å². The molecule has 0 radical (unpaired) electrons. The van der Waals surface area contributed by atoms with E-state index in [4.69, 9.17) is 23.2 Å². The number of nitrogens with zero attached hydrogens (tertiary/aromatic N) is 3. The van der Waals surface area contributed by atoms with Gasteiger partial charge in [0.15, 0.2) is 0 Å². The molecule has 194 valence electrons. The van der Waals surface area contributed by atoms with Gasteiger partial charge in [0.2, 0.25) is 11.8 Å². The number of hydrogen-bond acceptors (Lipinski definition) is 6. The molecule has 3 amide bonds. The van der Waals surface area contributed by atoms with E-state index in [0.29, 0.717) is 27.6 Å². The molecule has 5 rings (SSSR count). The Morgan fingerprint density at radius 2 is 1.51 bits per heavy atom. The van der Waals surface area contributed by atoms with Gasteiger partial charge in [-0.1, -0.05) is 41.4 Å². The molecule has 0 unspecified atom stereocenters. The van der Waals surface area contributed by atoms with Gasteiger partial charge in [0.1, 0.15) is 0 Å². The van der Waals surface area contributed by atoms with Gasteiger partial charge in [0.05, 0.1) is 32.9 Å². The lowest BCUT2D eigenvalue weighted by Gasteiger charge is -2.15. The molecule has 0 bridgehead atoms. The van der Waals surface area contributed by atoms with Gasteiger partial charge in [-0.3, -0.25) is 14.4 Å². The lowest BCUT2D eigenvalue weighted by atomic mass is 10.2. The van der Waals surface area contributed by atoms with Gasteiger partial charge < -0.3 is 5.32 Å². The minimum atomic E-state index is -0.553. The minimum Gasteiger partial charge on any atom is -0.322 e. The van der Waals surface area contributed by atoms with Crippen molar-refractivity contribution in [2.24, 2.45) is 10.2 Å². The Hall–Kier alpha value is -3.98. The van der Waals surface area contributed by atoms with Crippen molar-refractivity contribution < 1.29 is 14.4 Å². The summed E-state index contributed by atoms with van der Waals surface area (Å²) in [5.41, 5.74) is 2.70. The number of imide groups is 1. The van der Waals surface area contributed by atoms with E-state index in [1.54, 1.807) is 60.7 Å². The fourth-order valence-electron chi connectivity index (χ4n) is 3.90. The Kier molecular flexibility index (Phi) is 8.07. The number of hydrogen-bond donors (Lipinski definition) is 1. The van der Waals surface area contributed by atoms with E-state index in [-0.39, 0.29) is 29.2 Å². The fourth-order valence-corrected chi connectivity index (χ4v) is 5.45. The molecule has 4 aromatic carbocycles. The summed E-state index contributed by atoms with van der Waals surface area (Å²) in [6.07, 6.45) is 0.0898. The van der Waals surface area contributed by atoms with E-state index in [0.717, 1.165) is 10.6 Å². The largest absolute Gasteiger partial charge is 0.322 e. The van der Waals surface area contributed by atoms with Crippen molar-refractivity contribution in [2.75, 3.05) is 10.2 Å². The molecule has 1 aliphatic rings. The third-order valence-corrected chi connectivity index (χ3v) is 7.56. The van der Waals surface area contributed by atoms with Gasteiger partial charge in [-0.05, 0) is 78.9 Å². The highest BCUT2D eigenvalue weighted by atomic mass is 35.5. The van der Waals surface area contributed by atoms with Gasteiger partial charge in [-0.25, -0.2) is 4.90 Å². The molecule has 7 nitrogen and oxygen atoms in total. The van der Waals surface area contributed by atoms with Crippen molar-refractivity contribution in [3.05, 3.63) is 113 Å². The van der Waals surface area contributed by atoms with Crippen molar-refractivity contribution in [1.82, 2.24) is 0 Å². The Morgan fingerprint density at radius 1 is 0.846 bits per heavy atom. The van der Waals surface area contributed by atoms with Crippen LogP contribution in [0.1, 0.15) is 16.8 Å². The van der Waals surface area contributed by atoms with Crippen LogP contribution >= 0.6 is 35.0 Å². The van der Waals surface area contributed by atoms with E-state index in [2.05, 4.69) is 15.5 Å². The summed E-state index contributed by atoms with van der Waals surface area (Å²) in [4.78, 5) is 40.4. The van der Waals surface area contributed by atoms with Gasteiger partial charge in [0, 0.05) is 22.0 Å². The second-order valence-electron chi connectivity index (χ2n) is 8.53. The summed E-state index contributed by atoms with van der Waals surface area (Å²) >= 11 is 13.3. The lowest BCUT2D eigenvalue weighted by molar-refractivity contribution is -0.121. The number of benzene rings is 4. The molecule has 39 heavy (non-hydrogen) atoms. The molecule has 4 aromatic rings. The molecule has 1 aliphatic heterocycles. The highest BCUT2D eigenvalue weighted by molar-refractivity contribution is 8.00. The Bertz CT molecular complexity index is 1560. The average molecular weight is 575 g/mol. The second kappa shape index (κ2) is 11.8. The maximum atomic E-state index is 13.1. The Labute approximate surface area is 238 Å². The van der Waals surface area contributed by atoms with E-state index in [1.807, 2.05) is 30.3 Å². The zero-order valence-electron chi connectivity index (χ0n) is 20.3. The molecule has 1 atom stereocenters. The number of amides is 3. The number of carbonyl (C=O) groups excluding carboxylic acids is 3. The smallest absolute Gasteiger partial charge is 0.257 e. The number of rotatable bonds is 7. The molecule has 1 heterocycles. The van der Waals surface area contributed by atoms with Crippen LogP contribution in [0.25, 0.3) is 0 Å². The van der Waals surface area contributed by atoms with Crippen LogP contribution in [0.5, 0.6) is 0 Å². The summed E-state index contributed by atoms with van der Waals surface area (Å²) in [5, 5.41) is 11.3. The molecule has 0 saturated carbocycles. The first-order valence-electron chi connectivity index (χ1n) is 11.8. The first-order valence-corrected chi connectivity index (χ1v) is 13.5. The van der Waals surface area contributed by atoms with Crippen LogP contribution < -0.4 is 10.2 Å². The zero-order chi connectivity index (χ0) is 27.4. The highest BCUT2D eigenvalue weighted by Gasteiger charge is 2.40. The first kappa shape index (κ1) is 26.6. The van der Waals surface area contributed by atoms with Crippen LogP contribution in [0.2, 0.25) is 10.0 Å². The average Bonchev–Trinajstić information content (AvgIpc) is 3.21. The molecule has 0 aromatic heterocycles. The van der Waals surface area contributed by atoms with E-state index >= 15 is 0 Å². The maximum Gasteiger partial charge on any atom is 0.257 e. The number of nitrogens with one attached hydrogen (secondary N) is 1. The van der Waals surface area contributed by atoms with Crippen LogP contribution in [-0.2, 0) is 9.59 Å². The lowest BCUT2D eigenvalue weighted by Crippen LogP contribution is -2.30. The standard InChI is InChI=1S/C29H20Cl2N4O3S/c30-18-6-15-24(25(31)16-18)28(37)32-19-9-13-23(14-10-19)39-26-17-27(36)35(29(26)38)22-11-7-21(8-12-22)34-33-20-4-2-1-3-5-20/h1-16,26H,17H2,(H,32,37)/t26-/m0/s1. The SMILES string of the molecule is O=C(Nc1ccc(S[C@H]2CC(=O)N(c3ccc(N=Nc4ccccc4)cc3)C2=O)cc1)c1ccc(Cl)cc1Cl. The first-order chi connectivity index (χ1) is 18.9. The quantitative estimate of drug-likeness (QED) is 0.178. The summed E-state index contributed by atoms with van der Waals surface area (Å²) in [6, 6.07) is 27.8. The highest BCUT2D eigenvalue weighted by Crippen LogP contribution is 2.35. The van der Waals surface area contributed by atoms with Crippen LogP contribution in [0, 0.1) is 0 Å². The zero-order valence-corrected chi connectivity index (χ0v) is 22.6. The molecule has 1 saturated heterocycles. The van der Waals surface area contributed by atoms with Gasteiger partial charge >= 0.3 is 0 Å². The molecular weight excluding hydrogens is 555 g/mol. The summed E-state index contributed by atoms with van der Waals surface area (Å²) < 4.78 is 0. The van der Waals surface area contributed by atoms with E-state index < -0.39 is 5.25 Å². The number of halogens is 2. The van der Waals surface area contributed by atoms with Gasteiger partial charge in [-0.2, -0.15) is 10.2 Å². The summed E-state index contributed by atoms with van der Waals surface area (Å²) in [7, 11) is 0. The molecule has 1 fully saturated rings. The molecule has 0 spiro atoms. The predicted molar refractivity (Wildman–Crippen MR) is 155 cm³/mol. The molecule has 1 N–H and O–H groups in total. The fraction of sp³-hybridized carbons (Fsp3) is 0.0690.